The molecule has 5 heteroatoms. The van der Waals surface area contributed by atoms with E-state index in [1.54, 1.807) is 12.5 Å². The van der Waals surface area contributed by atoms with Crippen molar-refractivity contribution < 1.29 is 19.0 Å². The molecule has 0 aromatic rings. The molecule has 3 aliphatic rings. The normalized spacial score (nSPS) is 24.6. The zero-order valence-electron chi connectivity index (χ0n) is 14.9. The molecule has 0 spiro atoms. The molecule has 25 heavy (non-hydrogen) atoms. The van der Waals surface area contributed by atoms with E-state index in [1.807, 2.05) is 6.92 Å². The maximum atomic E-state index is 11.9. The molecule has 2 heterocycles. The highest BCUT2D eigenvalue weighted by Crippen LogP contribution is 2.32. The van der Waals surface area contributed by atoms with Gasteiger partial charge in [0.25, 0.3) is 0 Å². The van der Waals surface area contributed by atoms with Crippen molar-refractivity contribution in [2.75, 3.05) is 19.7 Å². The number of carbonyl (C=O) groups is 1. The van der Waals surface area contributed by atoms with Crippen LogP contribution in [0.25, 0.3) is 0 Å². The Bertz CT molecular complexity index is 591. The molecule has 3 rings (SSSR count). The van der Waals surface area contributed by atoms with Crippen LogP contribution in [-0.4, -0.2) is 36.6 Å². The molecule has 1 saturated heterocycles. The number of likely N-dealkylation sites (tertiary alicyclic amines) is 1. The van der Waals surface area contributed by atoms with E-state index in [0.717, 1.165) is 44.5 Å². The number of piperidine rings is 1. The van der Waals surface area contributed by atoms with Gasteiger partial charge in [-0.05, 0) is 50.6 Å². The summed E-state index contributed by atoms with van der Waals surface area (Å²) in [6, 6.07) is 0.0693. The van der Waals surface area contributed by atoms with Crippen LogP contribution in [0.5, 0.6) is 0 Å². The average molecular weight is 345 g/mol. The number of ether oxygens (including phenoxy) is 3. The number of allylic oxidation sites excluding steroid dienone is 3. The smallest absolute Gasteiger partial charge is 0.306 e. The summed E-state index contributed by atoms with van der Waals surface area (Å²) in [5.74, 6) is 1.06. The molecule has 0 aromatic carbocycles. The van der Waals surface area contributed by atoms with Crippen molar-refractivity contribution in [2.24, 2.45) is 5.92 Å². The summed E-state index contributed by atoms with van der Waals surface area (Å²) in [7, 11) is 0. The van der Waals surface area contributed by atoms with Crippen LogP contribution < -0.4 is 0 Å². The lowest BCUT2D eigenvalue weighted by molar-refractivity contribution is -0.144. The van der Waals surface area contributed by atoms with Gasteiger partial charge in [-0.15, -0.1) is 0 Å². The molecule has 136 valence electrons. The van der Waals surface area contributed by atoms with E-state index in [0.29, 0.717) is 18.9 Å². The lowest BCUT2D eigenvalue weighted by Crippen LogP contribution is -2.45. The summed E-state index contributed by atoms with van der Waals surface area (Å²) >= 11 is 0. The summed E-state index contributed by atoms with van der Waals surface area (Å²) in [4.78, 5) is 14.3. The summed E-state index contributed by atoms with van der Waals surface area (Å²) in [6.45, 7) is 4.16. The van der Waals surface area contributed by atoms with Crippen molar-refractivity contribution in [1.82, 2.24) is 4.90 Å². The Morgan fingerprint density at radius 1 is 1.44 bits per heavy atom. The molecule has 0 N–H and O–H groups in total. The van der Waals surface area contributed by atoms with Crippen LogP contribution in [0.3, 0.4) is 0 Å². The third-order valence-corrected chi connectivity index (χ3v) is 4.87. The Morgan fingerprint density at radius 2 is 2.36 bits per heavy atom. The summed E-state index contributed by atoms with van der Waals surface area (Å²) < 4.78 is 16.2. The Balaban J connectivity index is 1.73. The molecule has 2 atom stereocenters. The van der Waals surface area contributed by atoms with Crippen LogP contribution in [0.2, 0.25) is 0 Å². The van der Waals surface area contributed by atoms with Gasteiger partial charge in [0.1, 0.15) is 18.8 Å². The second kappa shape index (κ2) is 8.90. The topological polar surface area (TPSA) is 48.0 Å². The van der Waals surface area contributed by atoms with Gasteiger partial charge in [-0.3, -0.25) is 9.69 Å². The van der Waals surface area contributed by atoms with E-state index < -0.39 is 0 Å². The van der Waals surface area contributed by atoms with Crippen molar-refractivity contribution in [3.63, 3.8) is 0 Å². The van der Waals surface area contributed by atoms with Crippen molar-refractivity contribution >= 4 is 5.97 Å². The lowest BCUT2D eigenvalue weighted by Gasteiger charge is -2.40. The van der Waals surface area contributed by atoms with Gasteiger partial charge in [0, 0.05) is 13.0 Å². The second-order valence-electron chi connectivity index (χ2n) is 6.67. The Morgan fingerprint density at radius 3 is 3.08 bits per heavy atom. The standard InChI is InChI=1S/C20H27NO4/c1-2-24-19(22)13-16-7-6-10-21(14-16)20(17-8-4-3-5-9-17)18-15-23-11-12-25-18/h3-4,8,11-12,15-16,20H,2,5-7,9-10,13-14H2,1H3. The van der Waals surface area contributed by atoms with E-state index >= 15 is 0 Å². The molecule has 0 aromatic heterocycles. The SMILES string of the molecule is CCOC(=O)CC1CCCN(C(C2=CC=CCC2)C2=COC=CO2)C1. The van der Waals surface area contributed by atoms with Gasteiger partial charge in [-0.1, -0.05) is 18.2 Å². The number of hydrogen-bond donors (Lipinski definition) is 0. The molecule has 2 unspecified atom stereocenters. The number of rotatable bonds is 6. The van der Waals surface area contributed by atoms with Gasteiger partial charge in [0.05, 0.1) is 12.6 Å². The first-order chi connectivity index (χ1) is 12.3. The van der Waals surface area contributed by atoms with Crippen molar-refractivity contribution in [3.8, 4) is 0 Å². The molecular weight excluding hydrogens is 318 g/mol. The first kappa shape index (κ1) is 17.8. The fourth-order valence-corrected chi connectivity index (χ4v) is 3.80. The van der Waals surface area contributed by atoms with Gasteiger partial charge < -0.3 is 14.2 Å². The second-order valence-corrected chi connectivity index (χ2v) is 6.67. The summed E-state index contributed by atoms with van der Waals surface area (Å²) in [6.07, 6.45) is 16.0. The van der Waals surface area contributed by atoms with E-state index in [-0.39, 0.29) is 12.0 Å². The van der Waals surface area contributed by atoms with E-state index in [2.05, 4.69) is 23.1 Å². The zero-order chi connectivity index (χ0) is 17.5. The molecule has 0 radical (unpaired) electrons. The first-order valence-electron chi connectivity index (χ1n) is 9.20. The van der Waals surface area contributed by atoms with Crippen molar-refractivity contribution in [3.05, 3.63) is 48.3 Å². The van der Waals surface area contributed by atoms with Gasteiger partial charge in [0.2, 0.25) is 0 Å². The maximum absolute atomic E-state index is 11.9. The number of hydrogen-bond acceptors (Lipinski definition) is 5. The number of esters is 1. The third kappa shape index (κ3) is 4.75. The van der Waals surface area contributed by atoms with Crippen LogP contribution in [-0.2, 0) is 19.0 Å². The monoisotopic (exact) mass is 345 g/mol. The highest BCUT2D eigenvalue weighted by molar-refractivity contribution is 5.69. The van der Waals surface area contributed by atoms with Crippen molar-refractivity contribution in [1.29, 1.82) is 0 Å². The van der Waals surface area contributed by atoms with E-state index in [9.17, 15) is 4.79 Å². The molecule has 2 aliphatic heterocycles. The predicted octanol–water partition coefficient (Wildman–Crippen LogP) is 3.66. The minimum absolute atomic E-state index is 0.0693. The van der Waals surface area contributed by atoms with Crippen LogP contribution in [0.1, 0.15) is 39.0 Å². The maximum Gasteiger partial charge on any atom is 0.306 e. The van der Waals surface area contributed by atoms with Gasteiger partial charge in [-0.2, -0.15) is 0 Å². The zero-order valence-corrected chi connectivity index (χ0v) is 14.9. The Labute approximate surface area is 149 Å². The average Bonchev–Trinajstić information content (AvgIpc) is 2.64. The van der Waals surface area contributed by atoms with Crippen LogP contribution in [0.4, 0.5) is 0 Å². The fraction of sp³-hybridized carbons (Fsp3) is 0.550. The van der Waals surface area contributed by atoms with Gasteiger partial charge in [-0.25, -0.2) is 0 Å². The Hall–Kier alpha value is -2.01. The van der Waals surface area contributed by atoms with Gasteiger partial charge in [0.15, 0.2) is 5.76 Å². The molecule has 0 amide bonds. The molecule has 1 fully saturated rings. The molecule has 1 aliphatic carbocycles. The fourth-order valence-electron chi connectivity index (χ4n) is 3.80. The predicted molar refractivity (Wildman–Crippen MR) is 95.2 cm³/mol. The molecule has 5 nitrogen and oxygen atoms in total. The summed E-state index contributed by atoms with van der Waals surface area (Å²) in [5, 5.41) is 0. The minimum atomic E-state index is -0.0925. The van der Waals surface area contributed by atoms with Gasteiger partial charge >= 0.3 is 5.97 Å². The highest BCUT2D eigenvalue weighted by Gasteiger charge is 2.33. The van der Waals surface area contributed by atoms with Crippen LogP contribution in [0.15, 0.2) is 48.3 Å². The number of nitrogens with zero attached hydrogens (tertiary/aromatic N) is 1. The molecule has 0 saturated carbocycles. The van der Waals surface area contributed by atoms with Crippen LogP contribution in [0, 0.1) is 5.92 Å². The Kier molecular flexibility index (Phi) is 6.34. The van der Waals surface area contributed by atoms with E-state index in [4.69, 9.17) is 14.2 Å². The third-order valence-electron chi connectivity index (χ3n) is 4.87. The van der Waals surface area contributed by atoms with Crippen molar-refractivity contribution in [2.45, 2.75) is 45.1 Å². The number of carbonyl (C=O) groups excluding carboxylic acids is 1. The largest absolute Gasteiger partial charge is 0.466 e. The molecular formula is C20H27NO4. The lowest BCUT2D eigenvalue weighted by atomic mass is 9.89. The highest BCUT2D eigenvalue weighted by atomic mass is 16.5. The van der Waals surface area contributed by atoms with Crippen LogP contribution >= 0.6 is 0 Å². The molecule has 0 bridgehead atoms. The quantitative estimate of drug-likeness (QED) is 0.688. The first-order valence-corrected chi connectivity index (χ1v) is 9.20. The van der Waals surface area contributed by atoms with E-state index in [1.165, 1.54) is 11.8 Å². The minimum Gasteiger partial charge on any atom is -0.466 e. The summed E-state index contributed by atoms with van der Waals surface area (Å²) in [5.41, 5.74) is 1.34.